The number of carbonyl (C=O) groups excluding carboxylic acids is 1. The van der Waals surface area contributed by atoms with E-state index in [0.717, 1.165) is 11.9 Å². The van der Waals surface area contributed by atoms with Crippen LogP contribution in [0.3, 0.4) is 0 Å². The Bertz CT molecular complexity index is 1140. The Hall–Kier alpha value is -3.62. The van der Waals surface area contributed by atoms with Crippen molar-refractivity contribution in [1.82, 2.24) is 25.0 Å². The maximum Gasteiger partial charge on any atom is 0.326 e. The molecule has 4 aromatic rings. The van der Waals surface area contributed by atoms with E-state index >= 15 is 0 Å². The van der Waals surface area contributed by atoms with Gasteiger partial charge in [0.05, 0.1) is 23.8 Å². The monoisotopic (exact) mass is 367 g/mol. The van der Waals surface area contributed by atoms with Gasteiger partial charge in [-0.15, -0.1) is 0 Å². The first-order valence-corrected chi connectivity index (χ1v) is 8.53. The van der Waals surface area contributed by atoms with Gasteiger partial charge in [-0.25, -0.2) is 4.79 Å². The third-order valence-electron chi connectivity index (χ3n) is 4.09. The van der Waals surface area contributed by atoms with Gasteiger partial charge in [-0.1, -0.05) is 12.1 Å². The maximum absolute atomic E-state index is 12.0. The summed E-state index contributed by atoms with van der Waals surface area (Å²) < 4.78 is 11.9. The van der Waals surface area contributed by atoms with Gasteiger partial charge in [0.15, 0.2) is 5.76 Å². The SMILES string of the molecule is CCCn1c(=O)[nH]c2cc(-c3noc(CNC(=O)c4ccco4)n3)ccc21. The molecular weight excluding hydrogens is 350 g/mol. The van der Waals surface area contributed by atoms with Crippen molar-refractivity contribution in [2.24, 2.45) is 0 Å². The first-order valence-electron chi connectivity index (χ1n) is 8.53. The topological polar surface area (TPSA) is 119 Å². The number of rotatable bonds is 6. The summed E-state index contributed by atoms with van der Waals surface area (Å²) in [6.07, 6.45) is 2.29. The Kier molecular flexibility index (Phi) is 4.33. The summed E-state index contributed by atoms with van der Waals surface area (Å²) in [6.45, 7) is 2.75. The highest BCUT2D eigenvalue weighted by molar-refractivity contribution is 5.91. The molecule has 9 heteroatoms. The number of hydrogen-bond donors (Lipinski definition) is 2. The van der Waals surface area contributed by atoms with E-state index in [9.17, 15) is 9.59 Å². The Morgan fingerprint density at radius 1 is 1.33 bits per heavy atom. The summed E-state index contributed by atoms with van der Waals surface area (Å²) in [5, 5.41) is 6.58. The molecule has 27 heavy (non-hydrogen) atoms. The fourth-order valence-electron chi connectivity index (χ4n) is 2.84. The third-order valence-corrected chi connectivity index (χ3v) is 4.09. The summed E-state index contributed by atoms with van der Waals surface area (Å²) in [7, 11) is 0. The molecule has 4 rings (SSSR count). The summed E-state index contributed by atoms with van der Waals surface area (Å²) in [5.74, 6) is 0.488. The highest BCUT2D eigenvalue weighted by atomic mass is 16.5. The fraction of sp³-hybridized carbons (Fsp3) is 0.222. The van der Waals surface area contributed by atoms with Crippen LogP contribution in [0.4, 0.5) is 0 Å². The zero-order valence-corrected chi connectivity index (χ0v) is 14.6. The van der Waals surface area contributed by atoms with Crippen molar-refractivity contribution in [3.05, 3.63) is 58.7 Å². The predicted molar refractivity (Wildman–Crippen MR) is 96.0 cm³/mol. The minimum absolute atomic E-state index is 0.0818. The molecule has 9 nitrogen and oxygen atoms in total. The van der Waals surface area contributed by atoms with Crippen LogP contribution in [0.2, 0.25) is 0 Å². The van der Waals surface area contributed by atoms with Crippen molar-refractivity contribution in [2.75, 3.05) is 0 Å². The molecule has 1 amide bonds. The molecule has 2 N–H and O–H groups in total. The summed E-state index contributed by atoms with van der Waals surface area (Å²) in [4.78, 5) is 31.0. The first-order chi connectivity index (χ1) is 13.2. The van der Waals surface area contributed by atoms with Crippen molar-refractivity contribution in [3.63, 3.8) is 0 Å². The minimum Gasteiger partial charge on any atom is -0.459 e. The number of nitrogens with one attached hydrogen (secondary N) is 2. The number of furan rings is 1. The van der Waals surface area contributed by atoms with E-state index in [1.54, 1.807) is 22.8 Å². The van der Waals surface area contributed by atoms with Crippen LogP contribution >= 0.6 is 0 Å². The van der Waals surface area contributed by atoms with Gasteiger partial charge in [0, 0.05) is 12.1 Å². The molecule has 0 fully saturated rings. The second kappa shape index (κ2) is 6.94. The molecule has 138 valence electrons. The third kappa shape index (κ3) is 3.26. The molecule has 0 unspecified atom stereocenters. The van der Waals surface area contributed by atoms with Crippen LogP contribution in [0.5, 0.6) is 0 Å². The average Bonchev–Trinajstić information content (AvgIpc) is 3.40. The Balaban J connectivity index is 1.52. The van der Waals surface area contributed by atoms with Crippen molar-refractivity contribution >= 4 is 16.9 Å². The number of carbonyl (C=O) groups is 1. The number of imidazole rings is 1. The predicted octanol–water partition coefficient (Wildman–Crippen LogP) is 2.31. The molecule has 0 aliphatic rings. The number of hydrogen-bond acceptors (Lipinski definition) is 6. The van der Waals surface area contributed by atoms with Crippen molar-refractivity contribution in [2.45, 2.75) is 26.4 Å². The van der Waals surface area contributed by atoms with Crippen LogP contribution in [0.15, 0.2) is 50.3 Å². The molecule has 0 spiro atoms. The molecule has 0 aliphatic carbocycles. The van der Waals surface area contributed by atoms with Gasteiger partial charge < -0.3 is 19.2 Å². The van der Waals surface area contributed by atoms with Crippen LogP contribution in [0.25, 0.3) is 22.4 Å². The lowest BCUT2D eigenvalue weighted by Crippen LogP contribution is -2.22. The van der Waals surface area contributed by atoms with Gasteiger partial charge in [0.1, 0.15) is 0 Å². The van der Waals surface area contributed by atoms with Gasteiger partial charge in [-0.3, -0.25) is 9.36 Å². The van der Waals surface area contributed by atoms with Crippen molar-refractivity contribution in [1.29, 1.82) is 0 Å². The quantitative estimate of drug-likeness (QED) is 0.540. The van der Waals surface area contributed by atoms with Crippen LogP contribution in [-0.4, -0.2) is 25.6 Å². The molecule has 3 aromatic heterocycles. The lowest BCUT2D eigenvalue weighted by Gasteiger charge is -2.00. The second-order valence-electron chi connectivity index (χ2n) is 5.99. The molecule has 0 saturated carbocycles. The van der Waals surface area contributed by atoms with E-state index in [2.05, 4.69) is 20.4 Å². The lowest BCUT2D eigenvalue weighted by atomic mass is 10.2. The number of amides is 1. The Morgan fingerprint density at radius 3 is 3.00 bits per heavy atom. The normalized spacial score (nSPS) is 11.1. The van der Waals surface area contributed by atoms with Crippen LogP contribution in [0, 0.1) is 0 Å². The number of nitrogens with zero attached hydrogens (tertiary/aromatic N) is 3. The largest absolute Gasteiger partial charge is 0.459 e. The highest BCUT2D eigenvalue weighted by Crippen LogP contribution is 2.21. The van der Waals surface area contributed by atoms with E-state index < -0.39 is 0 Å². The fourth-order valence-corrected chi connectivity index (χ4v) is 2.84. The molecule has 3 heterocycles. The number of aromatic nitrogens is 4. The maximum atomic E-state index is 12.0. The van der Waals surface area contributed by atoms with Crippen molar-refractivity contribution in [3.8, 4) is 11.4 Å². The number of aryl methyl sites for hydroxylation is 1. The van der Waals surface area contributed by atoms with E-state index in [1.165, 1.54) is 6.26 Å². The zero-order valence-electron chi connectivity index (χ0n) is 14.6. The molecular formula is C18H17N5O4. The lowest BCUT2D eigenvalue weighted by molar-refractivity contribution is 0.0918. The standard InChI is InChI=1S/C18H17N5O4/c1-2-7-23-13-6-5-11(9-12(13)20-18(23)25)16-21-15(27-22-16)10-19-17(24)14-4-3-8-26-14/h3-6,8-9H,2,7,10H2,1H3,(H,19,24)(H,20,25). The number of H-pyrrole nitrogens is 1. The van der Waals surface area contributed by atoms with Gasteiger partial charge in [0.2, 0.25) is 11.7 Å². The van der Waals surface area contributed by atoms with E-state index in [1.807, 2.05) is 19.1 Å². The van der Waals surface area contributed by atoms with E-state index in [4.69, 9.17) is 8.94 Å². The smallest absolute Gasteiger partial charge is 0.326 e. The minimum atomic E-state index is -0.365. The van der Waals surface area contributed by atoms with Gasteiger partial charge in [0.25, 0.3) is 5.91 Å². The summed E-state index contributed by atoms with van der Waals surface area (Å²) in [6, 6.07) is 8.69. The van der Waals surface area contributed by atoms with Crippen LogP contribution < -0.4 is 11.0 Å². The molecule has 0 saturated heterocycles. The van der Waals surface area contributed by atoms with Gasteiger partial charge in [-0.2, -0.15) is 4.98 Å². The van der Waals surface area contributed by atoms with Gasteiger partial charge in [-0.05, 0) is 36.8 Å². The van der Waals surface area contributed by atoms with Crippen LogP contribution in [-0.2, 0) is 13.1 Å². The molecule has 0 atom stereocenters. The van der Waals surface area contributed by atoms with E-state index in [-0.39, 0.29) is 29.8 Å². The second-order valence-corrected chi connectivity index (χ2v) is 5.99. The molecule has 0 aliphatic heterocycles. The van der Waals surface area contributed by atoms with E-state index in [0.29, 0.717) is 23.4 Å². The highest BCUT2D eigenvalue weighted by Gasteiger charge is 2.14. The Morgan fingerprint density at radius 2 is 2.22 bits per heavy atom. The average molecular weight is 367 g/mol. The number of fused-ring (bicyclic) bond motifs is 1. The van der Waals surface area contributed by atoms with Crippen molar-refractivity contribution < 1.29 is 13.7 Å². The Labute approximate surface area is 153 Å². The molecule has 0 bridgehead atoms. The zero-order chi connectivity index (χ0) is 18.8. The summed E-state index contributed by atoms with van der Waals surface area (Å²) >= 11 is 0. The van der Waals surface area contributed by atoms with Crippen LogP contribution in [0.1, 0.15) is 29.8 Å². The molecule has 1 aromatic carbocycles. The first kappa shape index (κ1) is 16.8. The number of benzene rings is 1. The molecule has 0 radical (unpaired) electrons. The van der Waals surface area contributed by atoms with Gasteiger partial charge >= 0.3 is 5.69 Å². The number of aromatic amines is 1. The summed E-state index contributed by atoms with van der Waals surface area (Å²) in [5.41, 5.74) is 2.11.